The van der Waals surface area contributed by atoms with Gasteiger partial charge in [0.1, 0.15) is 5.75 Å². The lowest BCUT2D eigenvalue weighted by Gasteiger charge is -2.18. The van der Waals surface area contributed by atoms with E-state index >= 15 is 0 Å². The van der Waals surface area contributed by atoms with Crippen molar-refractivity contribution in [3.63, 3.8) is 0 Å². The maximum absolute atomic E-state index is 5.88. The van der Waals surface area contributed by atoms with Crippen LogP contribution in [0.5, 0.6) is 5.75 Å². The van der Waals surface area contributed by atoms with Crippen LogP contribution in [0.4, 0.5) is 0 Å². The van der Waals surface area contributed by atoms with Gasteiger partial charge in [0.15, 0.2) is 0 Å². The topological polar surface area (TPSA) is 18.5 Å². The van der Waals surface area contributed by atoms with E-state index < -0.39 is 9.28 Å². The van der Waals surface area contributed by atoms with Crippen LogP contribution >= 0.6 is 0 Å². The Labute approximate surface area is 107 Å². The monoisotopic (exact) mass is 251 g/mol. The minimum Gasteiger partial charge on any atom is -0.519 e. The zero-order valence-corrected chi connectivity index (χ0v) is 12.1. The summed E-state index contributed by atoms with van der Waals surface area (Å²) in [6.07, 6.45) is 5.24. The van der Waals surface area contributed by atoms with Gasteiger partial charge < -0.3 is 8.85 Å². The Morgan fingerprint density at radius 3 is 2.53 bits per heavy atom. The van der Waals surface area contributed by atoms with Gasteiger partial charge >= 0.3 is 9.28 Å². The maximum atomic E-state index is 5.88. The van der Waals surface area contributed by atoms with Crippen molar-refractivity contribution >= 4 is 9.28 Å². The van der Waals surface area contributed by atoms with Crippen molar-refractivity contribution in [2.24, 2.45) is 0 Å². The van der Waals surface area contributed by atoms with E-state index in [1.807, 2.05) is 36.9 Å². The quantitative estimate of drug-likeness (QED) is 0.510. The second kappa shape index (κ2) is 8.31. The lowest BCUT2D eigenvalue weighted by Crippen LogP contribution is -2.27. The first-order valence-corrected chi connectivity index (χ1v) is 8.27. The molecule has 0 fully saturated rings. The molecule has 2 nitrogen and oxygen atoms in total. The first kappa shape index (κ1) is 14.3. The molecule has 0 spiro atoms. The van der Waals surface area contributed by atoms with Gasteiger partial charge in [-0.2, -0.15) is 0 Å². The number of hydrogen-bond donors (Lipinski definition) is 0. The lowest BCUT2D eigenvalue weighted by atomic mass is 10.1. The molecule has 0 aliphatic rings. The summed E-state index contributed by atoms with van der Waals surface area (Å²) < 4.78 is 11.7. The van der Waals surface area contributed by atoms with Crippen LogP contribution in [0, 0.1) is 0 Å². The molecule has 3 heteroatoms. The van der Waals surface area contributed by atoms with E-state index in [-0.39, 0.29) is 0 Å². The molecule has 17 heavy (non-hydrogen) atoms. The predicted molar refractivity (Wildman–Crippen MR) is 73.4 cm³/mol. The van der Waals surface area contributed by atoms with Crippen LogP contribution < -0.4 is 4.43 Å². The summed E-state index contributed by atoms with van der Waals surface area (Å²) in [7, 11) is -1.18. The van der Waals surface area contributed by atoms with Crippen LogP contribution in [0.3, 0.4) is 0 Å². The largest absolute Gasteiger partial charge is 0.519 e. The third-order valence-electron chi connectivity index (χ3n) is 2.59. The van der Waals surface area contributed by atoms with E-state index in [1.165, 1.54) is 19.3 Å². The fourth-order valence-electron chi connectivity index (χ4n) is 1.70. The molecule has 0 saturated heterocycles. The third kappa shape index (κ3) is 6.49. The highest BCUT2D eigenvalue weighted by Gasteiger charge is 2.14. The SMILES string of the molecule is CCCCCC(C)O[Si](C)Oc1ccccc1. The summed E-state index contributed by atoms with van der Waals surface area (Å²) in [6.45, 7) is 6.41. The van der Waals surface area contributed by atoms with Gasteiger partial charge in [0, 0.05) is 6.10 Å². The summed E-state index contributed by atoms with van der Waals surface area (Å²) >= 11 is 0. The van der Waals surface area contributed by atoms with E-state index in [9.17, 15) is 0 Å². The van der Waals surface area contributed by atoms with Gasteiger partial charge in [-0.1, -0.05) is 44.4 Å². The molecule has 0 amide bonds. The van der Waals surface area contributed by atoms with Crippen LogP contribution in [0.25, 0.3) is 0 Å². The zero-order chi connectivity index (χ0) is 12.5. The molecule has 0 N–H and O–H groups in total. The van der Waals surface area contributed by atoms with Crippen LogP contribution in [0.2, 0.25) is 6.55 Å². The molecule has 0 bridgehead atoms. The van der Waals surface area contributed by atoms with Crippen molar-refractivity contribution in [2.75, 3.05) is 0 Å². The smallest absolute Gasteiger partial charge is 0.454 e. The van der Waals surface area contributed by atoms with Gasteiger partial charge in [-0.3, -0.25) is 0 Å². The summed E-state index contributed by atoms with van der Waals surface area (Å²) in [5.41, 5.74) is 0. The number of para-hydroxylation sites is 1. The predicted octanol–water partition coefficient (Wildman–Crippen LogP) is 4.17. The van der Waals surface area contributed by atoms with Gasteiger partial charge in [-0.05, 0) is 32.0 Å². The van der Waals surface area contributed by atoms with Crippen molar-refractivity contribution in [3.8, 4) is 5.75 Å². The minimum absolute atomic E-state index is 0.309. The number of unbranched alkanes of at least 4 members (excludes halogenated alkanes) is 2. The Morgan fingerprint density at radius 2 is 1.88 bits per heavy atom. The van der Waals surface area contributed by atoms with Gasteiger partial charge in [0.2, 0.25) is 0 Å². The molecule has 0 aliphatic heterocycles. The first-order chi connectivity index (χ1) is 8.22. The summed E-state index contributed by atoms with van der Waals surface area (Å²) in [5.74, 6) is 0.907. The number of hydrogen-bond acceptors (Lipinski definition) is 2. The van der Waals surface area contributed by atoms with E-state index in [2.05, 4.69) is 13.8 Å². The van der Waals surface area contributed by atoms with Gasteiger partial charge in [0.25, 0.3) is 0 Å². The molecular weight excluding hydrogens is 228 g/mol. The van der Waals surface area contributed by atoms with E-state index in [4.69, 9.17) is 8.85 Å². The molecule has 1 rings (SSSR count). The molecule has 95 valence electrons. The Bertz CT molecular complexity index is 290. The molecule has 0 heterocycles. The van der Waals surface area contributed by atoms with Crippen molar-refractivity contribution in [3.05, 3.63) is 30.3 Å². The summed E-state index contributed by atoms with van der Waals surface area (Å²) in [5, 5.41) is 0. The van der Waals surface area contributed by atoms with E-state index in [0.29, 0.717) is 6.10 Å². The van der Waals surface area contributed by atoms with Gasteiger partial charge in [-0.25, -0.2) is 0 Å². The molecule has 1 radical (unpaired) electrons. The van der Waals surface area contributed by atoms with Crippen molar-refractivity contribution in [2.45, 2.75) is 52.2 Å². The summed E-state index contributed by atoms with van der Waals surface area (Å²) in [6, 6.07) is 9.89. The van der Waals surface area contributed by atoms with Crippen LogP contribution in [-0.2, 0) is 4.43 Å². The zero-order valence-electron chi connectivity index (χ0n) is 11.1. The van der Waals surface area contributed by atoms with Crippen LogP contribution in [-0.4, -0.2) is 15.4 Å². The Hall–Kier alpha value is -0.803. The van der Waals surface area contributed by atoms with Crippen molar-refractivity contribution in [1.82, 2.24) is 0 Å². The number of rotatable bonds is 8. The highest BCUT2D eigenvalue weighted by Crippen LogP contribution is 2.12. The van der Waals surface area contributed by atoms with Crippen LogP contribution in [0.15, 0.2) is 30.3 Å². The summed E-state index contributed by atoms with van der Waals surface area (Å²) in [4.78, 5) is 0. The molecular formula is C14H23O2Si. The molecule has 1 aromatic carbocycles. The molecule has 1 atom stereocenters. The Morgan fingerprint density at radius 1 is 1.18 bits per heavy atom. The molecule has 0 aromatic heterocycles. The second-order valence-corrected chi connectivity index (χ2v) is 5.75. The fraction of sp³-hybridized carbons (Fsp3) is 0.571. The third-order valence-corrected chi connectivity index (χ3v) is 3.84. The lowest BCUT2D eigenvalue weighted by molar-refractivity contribution is 0.177. The molecule has 1 aromatic rings. The average molecular weight is 251 g/mol. The van der Waals surface area contributed by atoms with Gasteiger partial charge in [-0.15, -0.1) is 0 Å². The average Bonchev–Trinajstić information content (AvgIpc) is 2.30. The molecule has 1 unspecified atom stereocenters. The first-order valence-electron chi connectivity index (χ1n) is 6.45. The second-order valence-electron chi connectivity index (χ2n) is 4.33. The fourth-order valence-corrected chi connectivity index (χ4v) is 2.90. The maximum Gasteiger partial charge on any atom is 0.454 e. The van der Waals surface area contributed by atoms with E-state index in [0.717, 1.165) is 12.2 Å². The van der Waals surface area contributed by atoms with Crippen LogP contribution in [0.1, 0.15) is 39.5 Å². The normalized spacial score (nSPS) is 12.7. The molecule has 0 aliphatic carbocycles. The highest BCUT2D eigenvalue weighted by atomic mass is 28.3. The highest BCUT2D eigenvalue weighted by molar-refractivity contribution is 6.43. The minimum atomic E-state index is -1.18. The van der Waals surface area contributed by atoms with E-state index in [1.54, 1.807) is 0 Å². The van der Waals surface area contributed by atoms with Crippen molar-refractivity contribution in [1.29, 1.82) is 0 Å². The molecule has 0 saturated carbocycles. The van der Waals surface area contributed by atoms with Crippen molar-refractivity contribution < 1.29 is 8.85 Å². The van der Waals surface area contributed by atoms with Gasteiger partial charge in [0.05, 0.1) is 0 Å². The standard InChI is InChI=1S/C14H23O2Si/c1-4-5-7-10-13(2)15-17(3)16-14-11-8-6-9-12-14/h6,8-9,11-13H,4-5,7,10H2,1-3H3. The Kier molecular flexibility index (Phi) is 6.97. The number of benzene rings is 1. The Balaban J connectivity index is 2.22.